The Labute approximate surface area is 201 Å². The number of benzene rings is 3. The van der Waals surface area contributed by atoms with Crippen molar-refractivity contribution >= 4 is 17.3 Å². The average Bonchev–Trinajstić information content (AvgIpc) is 2.88. The number of nitrogens with zero attached hydrogens (tertiary/aromatic N) is 1. The molecule has 6 nitrogen and oxygen atoms in total. The number of nitrogens with two attached hydrogens (primary N) is 1. The lowest BCUT2D eigenvalue weighted by atomic mass is 9.90. The predicted molar refractivity (Wildman–Crippen MR) is 137 cm³/mol. The number of rotatable bonds is 9. The minimum Gasteiger partial charge on any atom is -0.493 e. The van der Waals surface area contributed by atoms with E-state index in [-0.39, 0.29) is 12.3 Å². The molecule has 0 aliphatic carbocycles. The van der Waals surface area contributed by atoms with Crippen LogP contribution in [0.15, 0.2) is 72.8 Å². The molecule has 34 heavy (non-hydrogen) atoms. The zero-order chi connectivity index (χ0) is 23.8. The summed E-state index contributed by atoms with van der Waals surface area (Å²) in [6, 6.07) is 24.4. The highest BCUT2D eigenvalue weighted by atomic mass is 16.5. The van der Waals surface area contributed by atoms with Crippen LogP contribution in [-0.4, -0.2) is 39.3 Å². The van der Waals surface area contributed by atoms with E-state index in [1.807, 2.05) is 30.3 Å². The normalized spacial score (nSPS) is 15.6. The number of methoxy groups -OCH3 is 1. The molecule has 0 aromatic heterocycles. The van der Waals surface area contributed by atoms with E-state index < -0.39 is 0 Å². The molecule has 0 spiro atoms. The molecule has 3 N–H and O–H groups in total. The van der Waals surface area contributed by atoms with Crippen LogP contribution >= 0.6 is 0 Å². The summed E-state index contributed by atoms with van der Waals surface area (Å²) in [6.07, 6.45) is 2.61. The van der Waals surface area contributed by atoms with Gasteiger partial charge in [-0.05, 0) is 54.3 Å². The third kappa shape index (κ3) is 6.08. The maximum Gasteiger partial charge on any atom is 0.228 e. The van der Waals surface area contributed by atoms with Crippen molar-refractivity contribution in [2.75, 3.05) is 43.6 Å². The molecule has 0 saturated carbocycles. The first kappa shape index (κ1) is 23.6. The van der Waals surface area contributed by atoms with Crippen LogP contribution in [0.2, 0.25) is 0 Å². The van der Waals surface area contributed by atoms with Crippen molar-refractivity contribution in [1.29, 1.82) is 0 Å². The molecule has 6 heteroatoms. The van der Waals surface area contributed by atoms with Crippen molar-refractivity contribution in [2.24, 2.45) is 5.73 Å². The molecular formula is C28H33N3O3. The lowest BCUT2D eigenvalue weighted by molar-refractivity contribution is -0.115. The van der Waals surface area contributed by atoms with Gasteiger partial charge in [0.15, 0.2) is 11.5 Å². The summed E-state index contributed by atoms with van der Waals surface area (Å²) in [5.41, 5.74) is 9.70. The maximum atomic E-state index is 12.7. The third-order valence-corrected chi connectivity index (χ3v) is 6.16. The summed E-state index contributed by atoms with van der Waals surface area (Å²) >= 11 is 0. The van der Waals surface area contributed by atoms with E-state index >= 15 is 0 Å². The number of piperidine rings is 1. The van der Waals surface area contributed by atoms with Crippen LogP contribution in [0.3, 0.4) is 0 Å². The minimum absolute atomic E-state index is 0.0735. The van der Waals surface area contributed by atoms with Crippen molar-refractivity contribution in [1.82, 2.24) is 0 Å². The van der Waals surface area contributed by atoms with Crippen LogP contribution in [0, 0.1) is 0 Å². The molecular weight excluding hydrogens is 426 g/mol. The van der Waals surface area contributed by atoms with Crippen molar-refractivity contribution < 1.29 is 14.3 Å². The Bertz CT molecular complexity index is 1090. The van der Waals surface area contributed by atoms with Gasteiger partial charge in [0.1, 0.15) is 6.61 Å². The van der Waals surface area contributed by atoms with Gasteiger partial charge >= 0.3 is 0 Å². The number of hydrogen-bond donors (Lipinski definition) is 2. The number of amides is 1. The Hall–Kier alpha value is -3.51. The maximum absolute atomic E-state index is 12.7. The van der Waals surface area contributed by atoms with Gasteiger partial charge in [-0.25, -0.2) is 0 Å². The smallest absolute Gasteiger partial charge is 0.228 e. The highest BCUT2D eigenvalue weighted by Crippen LogP contribution is 2.31. The topological polar surface area (TPSA) is 76.8 Å². The molecule has 0 bridgehead atoms. The number of carbonyl (C=O) groups excluding carboxylic acids is 1. The standard InChI is InChI=1S/C28H33N3O3/c1-33-27-17-21(12-13-26(27)34-16-14-29)18-28(32)30-24-10-5-11-25(19-24)31-15-6-9-23(20-31)22-7-3-2-4-8-22/h2-5,7-8,10-13,17,19,23H,6,9,14-16,18,20,29H2,1H3,(H,30,32). The molecule has 4 rings (SSSR count). The lowest BCUT2D eigenvalue weighted by Gasteiger charge is -2.35. The van der Waals surface area contributed by atoms with E-state index in [0.29, 0.717) is 30.6 Å². The molecule has 1 unspecified atom stereocenters. The van der Waals surface area contributed by atoms with E-state index in [0.717, 1.165) is 36.4 Å². The average molecular weight is 460 g/mol. The first-order chi connectivity index (χ1) is 16.7. The van der Waals surface area contributed by atoms with Gasteiger partial charge in [-0.1, -0.05) is 42.5 Å². The second kappa shape index (κ2) is 11.6. The van der Waals surface area contributed by atoms with Crippen LogP contribution in [-0.2, 0) is 11.2 Å². The summed E-state index contributed by atoms with van der Waals surface area (Å²) < 4.78 is 11.0. The Morgan fingerprint density at radius 2 is 1.91 bits per heavy atom. The van der Waals surface area contributed by atoms with E-state index in [2.05, 4.69) is 52.7 Å². The van der Waals surface area contributed by atoms with Crippen molar-refractivity contribution in [3.63, 3.8) is 0 Å². The van der Waals surface area contributed by atoms with Gasteiger partial charge in [-0.2, -0.15) is 0 Å². The van der Waals surface area contributed by atoms with Crippen LogP contribution in [0.4, 0.5) is 11.4 Å². The zero-order valence-corrected chi connectivity index (χ0v) is 19.7. The molecule has 3 aromatic carbocycles. The third-order valence-electron chi connectivity index (χ3n) is 6.16. The van der Waals surface area contributed by atoms with Crippen molar-refractivity contribution in [3.8, 4) is 11.5 Å². The summed E-state index contributed by atoms with van der Waals surface area (Å²) in [7, 11) is 1.59. The number of hydrogen-bond acceptors (Lipinski definition) is 5. The van der Waals surface area contributed by atoms with Gasteiger partial charge in [-0.15, -0.1) is 0 Å². The Morgan fingerprint density at radius 3 is 2.71 bits per heavy atom. The predicted octanol–water partition coefficient (Wildman–Crippen LogP) is 4.60. The quantitative estimate of drug-likeness (QED) is 0.489. The summed E-state index contributed by atoms with van der Waals surface area (Å²) in [5.74, 6) is 1.68. The number of carbonyl (C=O) groups is 1. The highest BCUT2D eigenvalue weighted by molar-refractivity contribution is 5.92. The Morgan fingerprint density at radius 1 is 1.06 bits per heavy atom. The number of anilines is 2. The number of nitrogens with one attached hydrogen (secondary N) is 1. The van der Waals surface area contributed by atoms with Gasteiger partial charge in [0, 0.05) is 36.9 Å². The molecule has 3 aromatic rings. The largest absolute Gasteiger partial charge is 0.493 e. The first-order valence-corrected chi connectivity index (χ1v) is 11.9. The van der Waals surface area contributed by atoms with E-state index in [4.69, 9.17) is 15.2 Å². The van der Waals surface area contributed by atoms with E-state index in [9.17, 15) is 4.79 Å². The first-order valence-electron chi connectivity index (χ1n) is 11.9. The van der Waals surface area contributed by atoms with E-state index in [1.165, 1.54) is 12.0 Å². The zero-order valence-electron chi connectivity index (χ0n) is 19.7. The fourth-order valence-corrected chi connectivity index (χ4v) is 4.49. The van der Waals surface area contributed by atoms with Crippen LogP contribution < -0.4 is 25.4 Å². The second-order valence-electron chi connectivity index (χ2n) is 8.59. The molecule has 1 heterocycles. The minimum atomic E-state index is -0.0735. The summed E-state index contributed by atoms with van der Waals surface area (Å²) in [5, 5.41) is 3.04. The van der Waals surface area contributed by atoms with Gasteiger partial charge in [0.25, 0.3) is 0 Å². The number of ether oxygens (including phenoxy) is 2. The summed E-state index contributed by atoms with van der Waals surface area (Å²) in [6.45, 7) is 2.85. The fourth-order valence-electron chi connectivity index (χ4n) is 4.49. The SMILES string of the molecule is COc1cc(CC(=O)Nc2cccc(N3CCCC(c4ccccc4)C3)c2)ccc1OCCN. The van der Waals surface area contributed by atoms with Gasteiger partial charge in [0.05, 0.1) is 13.5 Å². The molecule has 1 aliphatic rings. The molecule has 178 valence electrons. The van der Waals surface area contributed by atoms with Gasteiger partial charge < -0.3 is 25.4 Å². The van der Waals surface area contributed by atoms with Gasteiger partial charge in [-0.3, -0.25) is 4.79 Å². The van der Waals surface area contributed by atoms with Crippen molar-refractivity contribution in [3.05, 3.63) is 83.9 Å². The molecule has 1 amide bonds. The van der Waals surface area contributed by atoms with E-state index in [1.54, 1.807) is 7.11 Å². The molecule has 1 saturated heterocycles. The summed E-state index contributed by atoms with van der Waals surface area (Å²) in [4.78, 5) is 15.2. The highest BCUT2D eigenvalue weighted by Gasteiger charge is 2.21. The van der Waals surface area contributed by atoms with Crippen LogP contribution in [0.25, 0.3) is 0 Å². The van der Waals surface area contributed by atoms with Gasteiger partial charge in [0.2, 0.25) is 5.91 Å². The molecule has 0 radical (unpaired) electrons. The molecule has 1 aliphatic heterocycles. The Balaban J connectivity index is 1.39. The lowest BCUT2D eigenvalue weighted by Crippen LogP contribution is -2.34. The Kier molecular flexibility index (Phi) is 8.04. The second-order valence-corrected chi connectivity index (χ2v) is 8.59. The van der Waals surface area contributed by atoms with Crippen LogP contribution in [0.5, 0.6) is 11.5 Å². The molecule has 1 atom stereocenters. The molecule has 1 fully saturated rings. The monoisotopic (exact) mass is 459 g/mol. The van der Waals surface area contributed by atoms with Crippen LogP contribution in [0.1, 0.15) is 29.9 Å². The van der Waals surface area contributed by atoms with Crippen molar-refractivity contribution in [2.45, 2.75) is 25.2 Å². The fraction of sp³-hybridized carbons (Fsp3) is 0.321.